The normalized spacial score (nSPS) is 23.8. The molecule has 1 unspecified atom stereocenters. The van der Waals surface area contributed by atoms with Crippen molar-refractivity contribution in [2.75, 3.05) is 23.7 Å². The standard InChI is InChI=1S/C23H26F2N2O4S/c1-32(30,31)27-14-23(19-4-2-3-5-20(19)27)8-6-15(7-9-23)22(29)26-13-21(28)16-10-17(24)12-18(25)11-16/h2-5,10-12,15,21,28H,6-9,13-14H2,1H3,(H,26,29)/t15-,21?,23-. The first-order valence-corrected chi connectivity index (χ1v) is 12.4. The highest BCUT2D eigenvalue weighted by Crippen LogP contribution is 2.50. The fourth-order valence-electron chi connectivity index (χ4n) is 4.97. The van der Waals surface area contributed by atoms with Crippen molar-refractivity contribution in [3.8, 4) is 0 Å². The van der Waals surface area contributed by atoms with Gasteiger partial charge in [0.25, 0.3) is 0 Å². The third kappa shape index (κ3) is 4.36. The molecule has 9 heteroatoms. The van der Waals surface area contributed by atoms with Crippen LogP contribution in [0.3, 0.4) is 0 Å². The lowest BCUT2D eigenvalue weighted by Crippen LogP contribution is -2.42. The lowest BCUT2D eigenvalue weighted by atomic mass is 9.67. The van der Waals surface area contributed by atoms with Crippen LogP contribution in [0.15, 0.2) is 42.5 Å². The van der Waals surface area contributed by atoms with E-state index in [-0.39, 0.29) is 29.3 Å². The number of nitrogens with one attached hydrogen (secondary N) is 1. The van der Waals surface area contributed by atoms with E-state index in [9.17, 15) is 27.1 Å². The van der Waals surface area contributed by atoms with Gasteiger partial charge in [-0.3, -0.25) is 9.10 Å². The number of hydrogen-bond acceptors (Lipinski definition) is 4. The zero-order valence-electron chi connectivity index (χ0n) is 17.7. The fourth-order valence-corrected chi connectivity index (χ4v) is 5.97. The SMILES string of the molecule is CS(=O)(=O)N1C[C@]2(CC[C@@H](C(=O)NCC(O)c3cc(F)cc(F)c3)CC2)c2ccccc21. The summed E-state index contributed by atoms with van der Waals surface area (Å²) in [5.74, 6) is -2.07. The number of carbonyl (C=O) groups excluding carboxylic acids is 1. The minimum atomic E-state index is -3.40. The van der Waals surface area contributed by atoms with E-state index in [1.807, 2.05) is 24.3 Å². The van der Waals surface area contributed by atoms with E-state index >= 15 is 0 Å². The summed E-state index contributed by atoms with van der Waals surface area (Å²) in [4.78, 5) is 12.7. The van der Waals surface area contributed by atoms with Crippen molar-refractivity contribution in [1.82, 2.24) is 5.32 Å². The van der Waals surface area contributed by atoms with Crippen molar-refractivity contribution in [1.29, 1.82) is 0 Å². The number of anilines is 1. The zero-order chi connectivity index (χ0) is 23.1. The smallest absolute Gasteiger partial charge is 0.232 e. The molecule has 1 saturated carbocycles. The molecule has 172 valence electrons. The molecule has 6 nitrogen and oxygen atoms in total. The number of aliphatic hydroxyl groups is 1. The summed E-state index contributed by atoms with van der Waals surface area (Å²) < 4.78 is 52.7. The molecular weight excluding hydrogens is 438 g/mol. The predicted molar refractivity (Wildman–Crippen MR) is 117 cm³/mol. The first-order valence-electron chi connectivity index (χ1n) is 10.6. The van der Waals surface area contributed by atoms with Gasteiger partial charge in [0.2, 0.25) is 15.9 Å². The van der Waals surface area contributed by atoms with Gasteiger partial charge in [-0.25, -0.2) is 17.2 Å². The molecular formula is C23H26F2N2O4S. The monoisotopic (exact) mass is 464 g/mol. The van der Waals surface area contributed by atoms with Crippen molar-refractivity contribution in [3.63, 3.8) is 0 Å². The Morgan fingerprint density at radius 1 is 1.19 bits per heavy atom. The predicted octanol–water partition coefficient (Wildman–Crippen LogP) is 3.02. The van der Waals surface area contributed by atoms with Gasteiger partial charge in [0.05, 0.1) is 18.0 Å². The van der Waals surface area contributed by atoms with E-state index in [0.29, 0.717) is 37.9 Å². The Bertz CT molecular complexity index is 1110. The second kappa shape index (κ2) is 8.44. The maximum Gasteiger partial charge on any atom is 0.232 e. The molecule has 32 heavy (non-hydrogen) atoms. The Labute approximate surface area is 186 Å². The zero-order valence-corrected chi connectivity index (χ0v) is 18.5. The molecule has 0 bridgehead atoms. The minimum absolute atomic E-state index is 0.0637. The molecule has 1 spiro atoms. The number of para-hydroxylation sites is 1. The topological polar surface area (TPSA) is 86.7 Å². The first kappa shape index (κ1) is 22.7. The molecule has 0 saturated heterocycles. The highest BCUT2D eigenvalue weighted by atomic mass is 32.2. The van der Waals surface area contributed by atoms with Crippen LogP contribution in [0.1, 0.15) is 42.9 Å². The van der Waals surface area contributed by atoms with Crippen LogP contribution in [-0.4, -0.2) is 38.8 Å². The van der Waals surface area contributed by atoms with Crippen LogP contribution in [0.4, 0.5) is 14.5 Å². The van der Waals surface area contributed by atoms with Crippen molar-refractivity contribution in [2.24, 2.45) is 5.92 Å². The van der Waals surface area contributed by atoms with E-state index in [1.54, 1.807) is 0 Å². The first-order chi connectivity index (χ1) is 15.1. The van der Waals surface area contributed by atoms with Gasteiger partial charge in [0, 0.05) is 30.5 Å². The highest BCUT2D eigenvalue weighted by molar-refractivity contribution is 7.92. The van der Waals surface area contributed by atoms with E-state index in [4.69, 9.17) is 0 Å². The van der Waals surface area contributed by atoms with Crippen LogP contribution >= 0.6 is 0 Å². The number of halogens is 2. The maximum absolute atomic E-state index is 13.4. The minimum Gasteiger partial charge on any atom is -0.387 e. The number of benzene rings is 2. The maximum atomic E-state index is 13.4. The molecule has 2 aromatic carbocycles. The van der Waals surface area contributed by atoms with Crippen LogP contribution in [-0.2, 0) is 20.2 Å². The Hall–Kier alpha value is -2.52. The van der Waals surface area contributed by atoms with Crippen LogP contribution in [0.5, 0.6) is 0 Å². The molecule has 2 aliphatic rings. The van der Waals surface area contributed by atoms with Crippen molar-refractivity contribution >= 4 is 21.6 Å². The largest absolute Gasteiger partial charge is 0.387 e. The van der Waals surface area contributed by atoms with Gasteiger partial charge in [0.1, 0.15) is 11.6 Å². The van der Waals surface area contributed by atoms with Crippen LogP contribution < -0.4 is 9.62 Å². The van der Waals surface area contributed by atoms with E-state index in [2.05, 4.69) is 5.32 Å². The quantitative estimate of drug-likeness (QED) is 0.712. The van der Waals surface area contributed by atoms with Gasteiger partial charge < -0.3 is 10.4 Å². The van der Waals surface area contributed by atoms with Crippen molar-refractivity contribution in [3.05, 3.63) is 65.2 Å². The van der Waals surface area contributed by atoms with Gasteiger partial charge in [-0.05, 0) is 55.0 Å². The average Bonchev–Trinajstić information content (AvgIpc) is 3.06. The highest BCUT2D eigenvalue weighted by Gasteiger charge is 2.47. The van der Waals surface area contributed by atoms with Crippen LogP contribution in [0.25, 0.3) is 0 Å². The summed E-state index contributed by atoms with van der Waals surface area (Å²) in [6.07, 6.45) is 2.50. The lowest BCUT2D eigenvalue weighted by molar-refractivity contribution is -0.126. The molecule has 1 amide bonds. The molecule has 2 aromatic rings. The summed E-state index contributed by atoms with van der Waals surface area (Å²) in [6, 6.07) is 10.3. The number of carbonyl (C=O) groups is 1. The number of rotatable bonds is 5. The summed E-state index contributed by atoms with van der Waals surface area (Å²) in [6.45, 7) is 0.234. The number of nitrogens with zero attached hydrogens (tertiary/aromatic N) is 1. The summed E-state index contributed by atoms with van der Waals surface area (Å²) in [7, 11) is -3.40. The molecule has 0 radical (unpaired) electrons. The Balaban J connectivity index is 1.39. The Kier molecular flexibility index (Phi) is 5.98. The van der Waals surface area contributed by atoms with Crippen molar-refractivity contribution in [2.45, 2.75) is 37.2 Å². The molecule has 1 aliphatic heterocycles. The molecule has 2 N–H and O–H groups in total. The van der Waals surface area contributed by atoms with E-state index < -0.39 is 27.8 Å². The summed E-state index contributed by atoms with van der Waals surface area (Å²) in [5, 5.41) is 12.9. The molecule has 4 rings (SSSR count). The van der Waals surface area contributed by atoms with Crippen LogP contribution in [0, 0.1) is 17.6 Å². The second-order valence-electron chi connectivity index (χ2n) is 8.81. The van der Waals surface area contributed by atoms with Gasteiger partial charge in [0.15, 0.2) is 0 Å². The number of hydrogen-bond donors (Lipinski definition) is 2. The molecule has 1 atom stereocenters. The van der Waals surface area contributed by atoms with Gasteiger partial charge in [-0.2, -0.15) is 0 Å². The van der Waals surface area contributed by atoms with Gasteiger partial charge in [-0.15, -0.1) is 0 Å². The van der Waals surface area contributed by atoms with E-state index in [1.165, 1.54) is 10.6 Å². The fraction of sp³-hybridized carbons (Fsp3) is 0.435. The molecule has 1 fully saturated rings. The van der Waals surface area contributed by atoms with Crippen molar-refractivity contribution < 1.29 is 27.1 Å². The Morgan fingerprint density at radius 2 is 1.81 bits per heavy atom. The van der Waals surface area contributed by atoms with Crippen LogP contribution in [0.2, 0.25) is 0 Å². The number of amides is 1. The number of sulfonamides is 1. The lowest BCUT2D eigenvalue weighted by Gasteiger charge is -2.37. The molecule has 1 heterocycles. The van der Waals surface area contributed by atoms with E-state index in [0.717, 1.165) is 23.8 Å². The molecule has 0 aromatic heterocycles. The van der Waals surface area contributed by atoms with Gasteiger partial charge in [-0.1, -0.05) is 18.2 Å². The number of aliphatic hydroxyl groups excluding tert-OH is 1. The third-order valence-corrected chi connectivity index (χ3v) is 7.77. The summed E-state index contributed by atoms with van der Waals surface area (Å²) in [5.41, 5.74) is 1.47. The molecule has 1 aliphatic carbocycles. The van der Waals surface area contributed by atoms with Gasteiger partial charge >= 0.3 is 0 Å². The third-order valence-electron chi connectivity index (χ3n) is 6.64. The second-order valence-corrected chi connectivity index (χ2v) is 10.7. The number of fused-ring (bicyclic) bond motifs is 2. The Morgan fingerprint density at radius 3 is 2.44 bits per heavy atom. The summed E-state index contributed by atoms with van der Waals surface area (Å²) >= 11 is 0. The average molecular weight is 465 g/mol.